The van der Waals surface area contributed by atoms with Gasteiger partial charge < -0.3 is 5.32 Å². The summed E-state index contributed by atoms with van der Waals surface area (Å²) in [5.74, 6) is -1.12. The molecule has 1 N–H and O–H groups in total. The first-order valence-corrected chi connectivity index (χ1v) is 7.05. The van der Waals surface area contributed by atoms with Gasteiger partial charge in [0.05, 0.1) is 16.1 Å². The van der Waals surface area contributed by atoms with Crippen molar-refractivity contribution in [2.75, 3.05) is 5.32 Å². The lowest BCUT2D eigenvalue weighted by molar-refractivity contribution is -0.118. The minimum absolute atomic E-state index is 0.353. The van der Waals surface area contributed by atoms with Crippen molar-refractivity contribution in [2.24, 2.45) is 5.92 Å². The molecule has 0 saturated heterocycles. The molecule has 0 aliphatic rings. The van der Waals surface area contributed by atoms with E-state index in [0.29, 0.717) is 22.2 Å². The minimum atomic E-state index is -0.762. The summed E-state index contributed by atoms with van der Waals surface area (Å²) in [6.45, 7) is 0. The molecular weight excluding hydrogens is 307 g/mol. The van der Waals surface area contributed by atoms with Crippen LogP contribution in [0, 0.1) is 17.2 Å². The van der Waals surface area contributed by atoms with Crippen LogP contribution >= 0.6 is 23.2 Å². The van der Waals surface area contributed by atoms with Crippen LogP contribution in [0.15, 0.2) is 48.5 Å². The Morgan fingerprint density at radius 2 is 1.86 bits per heavy atom. The second-order valence-corrected chi connectivity index (χ2v) is 5.30. The maximum absolute atomic E-state index is 12.1. The predicted octanol–water partition coefficient (Wildman–Crippen LogP) is 4.31. The monoisotopic (exact) mass is 318 g/mol. The van der Waals surface area contributed by atoms with Crippen LogP contribution in [-0.4, -0.2) is 5.91 Å². The fourth-order valence-corrected chi connectivity index (χ4v) is 2.15. The van der Waals surface area contributed by atoms with Crippen LogP contribution in [0.1, 0.15) is 5.56 Å². The largest absolute Gasteiger partial charge is 0.325 e. The molecule has 1 unspecified atom stereocenters. The number of hydrogen-bond donors (Lipinski definition) is 1. The van der Waals surface area contributed by atoms with E-state index in [4.69, 9.17) is 23.2 Å². The molecule has 2 aromatic rings. The molecule has 5 heteroatoms. The van der Waals surface area contributed by atoms with Crippen LogP contribution in [0.2, 0.25) is 10.0 Å². The summed E-state index contributed by atoms with van der Waals surface area (Å²) in [4.78, 5) is 12.1. The van der Waals surface area contributed by atoms with Gasteiger partial charge in [-0.15, -0.1) is 0 Å². The second kappa shape index (κ2) is 7.12. The van der Waals surface area contributed by atoms with Gasteiger partial charge in [-0.25, -0.2) is 0 Å². The zero-order chi connectivity index (χ0) is 15.2. The molecule has 0 heterocycles. The Balaban J connectivity index is 2.07. The third-order valence-corrected chi connectivity index (χ3v) is 3.68. The highest BCUT2D eigenvalue weighted by Gasteiger charge is 2.18. The summed E-state index contributed by atoms with van der Waals surface area (Å²) < 4.78 is 0. The van der Waals surface area contributed by atoms with Crippen molar-refractivity contribution in [3.63, 3.8) is 0 Å². The average molecular weight is 319 g/mol. The topological polar surface area (TPSA) is 52.9 Å². The van der Waals surface area contributed by atoms with E-state index in [1.54, 1.807) is 18.2 Å². The van der Waals surface area contributed by atoms with Crippen molar-refractivity contribution in [3.05, 3.63) is 64.1 Å². The van der Waals surface area contributed by atoms with E-state index < -0.39 is 5.92 Å². The third kappa shape index (κ3) is 4.22. The standard InChI is InChI=1S/C16H12Cl2N2O/c17-14-7-6-13(9-15(14)18)20-16(21)12(10-19)8-11-4-2-1-3-5-11/h1-7,9,12H,8H2,(H,20,21). The van der Waals surface area contributed by atoms with E-state index >= 15 is 0 Å². The number of rotatable bonds is 4. The van der Waals surface area contributed by atoms with Crippen LogP contribution < -0.4 is 5.32 Å². The summed E-state index contributed by atoms with van der Waals surface area (Å²) in [7, 11) is 0. The fraction of sp³-hybridized carbons (Fsp3) is 0.125. The Morgan fingerprint density at radius 1 is 1.14 bits per heavy atom. The Kier molecular flexibility index (Phi) is 5.21. The summed E-state index contributed by atoms with van der Waals surface area (Å²) in [6.07, 6.45) is 0.366. The van der Waals surface area contributed by atoms with Crippen LogP contribution in [0.25, 0.3) is 0 Å². The van der Waals surface area contributed by atoms with Crippen molar-refractivity contribution in [3.8, 4) is 6.07 Å². The van der Waals surface area contributed by atoms with Gasteiger partial charge in [-0.1, -0.05) is 53.5 Å². The zero-order valence-electron chi connectivity index (χ0n) is 11.0. The quantitative estimate of drug-likeness (QED) is 0.913. The molecule has 0 fully saturated rings. The lowest BCUT2D eigenvalue weighted by atomic mass is 10.00. The Morgan fingerprint density at radius 3 is 2.48 bits per heavy atom. The number of nitrogens with one attached hydrogen (secondary N) is 1. The maximum Gasteiger partial charge on any atom is 0.242 e. The first-order valence-electron chi connectivity index (χ1n) is 6.29. The number of halogens is 2. The van der Waals surface area contributed by atoms with Crippen molar-refractivity contribution >= 4 is 34.8 Å². The lowest BCUT2D eigenvalue weighted by Crippen LogP contribution is -2.23. The minimum Gasteiger partial charge on any atom is -0.325 e. The molecule has 0 bridgehead atoms. The number of benzene rings is 2. The highest BCUT2D eigenvalue weighted by atomic mass is 35.5. The first-order chi connectivity index (χ1) is 10.1. The summed E-state index contributed by atoms with van der Waals surface area (Å²) >= 11 is 11.7. The van der Waals surface area contributed by atoms with E-state index in [1.165, 1.54) is 0 Å². The summed E-state index contributed by atoms with van der Waals surface area (Å²) in [6, 6.07) is 16.2. The van der Waals surface area contributed by atoms with E-state index in [1.807, 2.05) is 36.4 Å². The molecular formula is C16H12Cl2N2O. The van der Waals surface area contributed by atoms with Gasteiger partial charge >= 0.3 is 0 Å². The molecule has 0 saturated carbocycles. The average Bonchev–Trinajstić information content (AvgIpc) is 2.49. The van der Waals surface area contributed by atoms with Gasteiger partial charge in [0.25, 0.3) is 0 Å². The molecule has 0 spiro atoms. The third-order valence-electron chi connectivity index (χ3n) is 2.94. The van der Waals surface area contributed by atoms with Gasteiger partial charge in [-0.2, -0.15) is 5.26 Å². The number of nitrogens with zero attached hydrogens (tertiary/aromatic N) is 1. The molecule has 106 valence electrons. The fourth-order valence-electron chi connectivity index (χ4n) is 1.85. The molecule has 2 aromatic carbocycles. The van der Waals surface area contributed by atoms with Gasteiger partial charge in [0.2, 0.25) is 5.91 Å². The molecule has 2 rings (SSSR count). The highest BCUT2D eigenvalue weighted by molar-refractivity contribution is 6.42. The normalized spacial score (nSPS) is 11.5. The molecule has 0 aliphatic carbocycles. The molecule has 0 radical (unpaired) electrons. The van der Waals surface area contributed by atoms with Crippen LogP contribution in [0.3, 0.4) is 0 Å². The predicted molar refractivity (Wildman–Crippen MR) is 84.3 cm³/mol. The van der Waals surface area contributed by atoms with E-state index in [-0.39, 0.29) is 5.91 Å². The molecule has 1 amide bonds. The number of nitriles is 1. The van der Waals surface area contributed by atoms with Crippen molar-refractivity contribution < 1.29 is 4.79 Å². The SMILES string of the molecule is N#CC(Cc1ccccc1)C(=O)Nc1ccc(Cl)c(Cl)c1. The summed E-state index contributed by atoms with van der Waals surface area (Å²) in [5, 5.41) is 12.6. The maximum atomic E-state index is 12.1. The number of carbonyl (C=O) groups is 1. The second-order valence-electron chi connectivity index (χ2n) is 4.49. The van der Waals surface area contributed by atoms with Gasteiger partial charge in [0, 0.05) is 5.69 Å². The van der Waals surface area contributed by atoms with Gasteiger partial charge in [0.15, 0.2) is 0 Å². The van der Waals surface area contributed by atoms with E-state index in [0.717, 1.165) is 5.56 Å². The van der Waals surface area contributed by atoms with E-state index in [2.05, 4.69) is 5.32 Å². The Bertz CT molecular complexity index is 680. The van der Waals surface area contributed by atoms with Crippen molar-refractivity contribution in [2.45, 2.75) is 6.42 Å². The Labute approximate surface area is 133 Å². The number of anilines is 1. The van der Waals surface area contributed by atoms with E-state index in [9.17, 15) is 10.1 Å². The molecule has 21 heavy (non-hydrogen) atoms. The molecule has 0 aliphatic heterocycles. The van der Waals surface area contributed by atoms with Crippen LogP contribution in [0.5, 0.6) is 0 Å². The zero-order valence-corrected chi connectivity index (χ0v) is 12.5. The van der Waals surface area contributed by atoms with Crippen LogP contribution in [0.4, 0.5) is 5.69 Å². The van der Waals surface area contributed by atoms with Crippen molar-refractivity contribution in [1.82, 2.24) is 0 Å². The number of hydrogen-bond acceptors (Lipinski definition) is 2. The summed E-state index contributed by atoms with van der Waals surface area (Å²) in [5.41, 5.74) is 1.45. The number of amides is 1. The van der Waals surface area contributed by atoms with Gasteiger partial charge in [-0.3, -0.25) is 4.79 Å². The van der Waals surface area contributed by atoms with Crippen molar-refractivity contribution in [1.29, 1.82) is 5.26 Å². The van der Waals surface area contributed by atoms with Gasteiger partial charge in [-0.05, 0) is 30.2 Å². The number of carbonyl (C=O) groups excluding carboxylic acids is 1. The molecule has 0 aromatic heterocycles. The highest BCUT2D eigenvalue weighted by Crippen LogP contribution is 2.25. The van der Waals surface area contributed by atoms with Gasteiger partial charge in [0.1, 0.15) is 5.92 Å². The molecule has 3 nitrogen and oxygen atoms in total. The first kappa shape index (κ1) is 15.4. The molecule has 1 atom stereocenters. The van der Waals surface area contributed by atoms with Crippen LogP contribution in [-0.2, 0) is 11.2 Å². The lowest BCUT2D eigenvalue weighted by Gasteiger charge is -2.11. The Hall–Kier alpha value is -2.02. The smallest absolute Gasteiger partial charge is 0.242 e.